The van der Waals surface area contributed by atoms with E-state index >= 15 is 0 Å². The van der Waals surface area contributed by atoms with Gasteiger partial charge in [0.05, 0.1) is 6.42 Å². The van der Waals surface area contributed by atoms with Gasteiger partial charge in [-0.1, -0.05) is 0 Å². The molecule has 0 bridgehead atoms. The highest BCUT2D eigenvalue weighted by atomic mass is 16.4. The number of aliphatic carboxylic acids is 1. The molecule has 0 radical (unpaired) electrons. The van der Waals surface area contributed by atoms with Crippen molar-refractivity contribution in [1.29, 1.82) is 0 Å². The minimum absolute atomic E-state index is 0.0227. The van der Waals surface area contributed by atoms with Gasteiger partial charge in [0.25, 0.3) is 0 Å². The quantitative estimate of drug-likeness (QED) is 0.764. The number of carbonyl (C=O) groups is 2. The third kappa shape index (κ3) is 3.89. The second-order valence-corrected chi connectivity index (χ2v) is 5.66. The predicted molar refractivity (Wildman–Crippen MR) is 69.4 cm³/mol. The molecule has 1 aliphatic rings. The van der Waals surface area contributed by atoms with E-state index in [0.717, 1.165) is 12.8 Å². The highest BCUT2D eigenvalue weighted by molar-refractivity contribution is 5.76. The van der Waals surface area contributed by atoms with Crippen LogP contribution < -0.4 is 5.32 Å². The molecule has 1 atom stereocenters. The Balaban J connectivity index is 2.58. The van der Waals surface area contributed by atoms with E-state index in [1.54, 1.807) is 11.8 Å². The molecule has 0 spiro atoms. The molecule has 0 aromatic rings. The molecular weight excluding hydrogens is 232 g/mol. The maximum absolute atomic E-state index is 12.2. The summed E-state index contributed by atoms with van der Waals surface area (Å²) in [6.07, 6.45) is 2.29. The van der Waals surface area contributed by atoms with Gasteiger partial charge in [-0.05, 0) is 46.5 Å². The maximum atomic E-state index is 12.2. The molecular formula is C13H24N2O3. The van der Waals surface area contributed by atoms with Crippen molar-refractivity contribution in [2.24, 2.45) is 5.92 Å². The first-order valence-electron chi connectivity index (χ1n) is 6.58. The van der Waals surface area contributed by atoms with Gasteiger partial charge in [-0.2, -0.15) is 0 Å². The number of nitrogens with one attached hydrogen (secondary N) is 1. The molecule has 1 unspecified atom stereocenters. The number of hydrogen-bond donors (Lipinski definition) is 2. The van der Waals surface area contributed by atoms with Gasteiger partial charge in [0.1, 0.15) is 0 Å². The Morgan fingerprint density at radius 3 is 2.39 bits per heavy atom. The van der Waals surface area contributed by atoms with Crippen LogP contribution in [0.1, 0.15) is 47.0 Å². The van der Waals surface area contributed by atoms with E-state index in [9.17, 15) is 9.59 Å². The number of hydrogen-bond acceptors (Lipinski definition) is 2. The molecule has 2 N–H and O–H groups in total. The lowest BCUT2D eigenvalue weighted by molar-refractivity contribution is -0.138. The summed E-state index contributed by atoms with van der Waals surface area (Å²) in [5, 5.41) is 11.8. The fourth-order valence-corrected chi connectivity index (χ4v) is 2.27. The van der Waals surface area contributed by atoms with Crippen LogP contribution in [0.5, 0.6) is 0 Å². The van der Waals surface area contributed by atoms with Crippen LogP contribution >= 0.6 is 0 Å². The van der Waals surface area contributed by atoms with Crippen molar-refractivity contribution in [3.8, 4) is 0 Å². The topological polar surface area (TPSA) is 69.6 Å². The van der Waals surface area contributed by atoms with Crippen molar-refractivity contribution in [3.05, 3.63) is 0 Å². The fraction of sp³-hybridized carbons (Fsp3) is 0.846. The third-order valence-electron chi connectivity index (χ3n) is 3.63. The van der Waals surface area contributed by atoms with Crippen molar-refractivity contribution in [3.63, 3.8) is 0 Å². The Labute approximate surface area is 109 Å². The Morgan fingerprint density at radius 1 is 1.44 bits per heavy atom. The first kappa shape index (κ1) is 14.8. The van der Waals surface area contributed by atoms with Gasteiger partial charge in [0.2, 0.25) is 0 Å². The van der Waals surface area contributed by atoms with Crippen molar-refractivity contribution >= 4 is 12.0 Å². The Kier molecular flexibility index (Phi) is 4.59. The lowest BCUT2D eigenvalue weighted by atomic mass is 9.99. The van der Waals surface area contributed by atoms with E-state index in [2.05, 4.69) is 5.32 Å². The van der Waals surface area contributed by atoms with E-state index in [1.807, 2.05) is 20.8 Å². The van der Waals surface area contributed by atoms with Crippen LogP contribution in [0.3, 0.4) is 0 Å². The molecule has 18 heavy (non-hydrogen) atoms. The van der Waals surface area contributed by atoms with Crippen LogP contribution in [0.15, 0.2) is 0 Å². The van der Waals surface area contributed by atoms with Gasteiger partial charge >= 0.3 is 12.0 Å². The van der Waals surface area contributed by atoms with Gasteiger partial charge in [-0.3, -0.25) is 4.79 Å². The second kappa shape index (κ2) is 5.59. The van der Waals surface area contributed by atoms with Crippen molar-refractivity contribution in [2.75, 3.05) is 6.54 Å². The van der Waals surface area contributed by atoms with Crippen molar-refractivity contribution in [1.82, 2.24) is 10.2 Å². The number of carboxylic acid groups (broad SMARTS) is 1. The fourth-order valence-electron chi connectivity index (χ4n) is 2.27. The van der Waals surface area contributed by atoms with Gasteiger partial charge in [-0.15, -0.1) is 0 Å². The molecule has 104 valence electrons. The number of carboxylic acids is 1. The van der Waals surface area contributed by atoms with Crippen LogP contribution in [0, 0.1) is 5.92 Å². The van der Waals surface area contributed by atoms with Crippen LogP contribution in [-0.2, 0) is 4.79 Å². The minimum Gasteiger partial charge on any atom is -0.481 e. The summed E-state index contributed by atoms with van der Waals surface area (Å²) >= 11 is 0. The summed E-state index contributed by atoms with van der Waals surface area (Å²) in [6, 6.07) is -0.453. The third-order valence-corrected chi connectivity index (χ3v) is 3.63. The smallest absolute Gasteiger partial charge is 0.318 e. The molecule has 0 aromatic heterocycles. The van der Waals surface area contributed by atoms with E-state index in [0.29, 0.717) is 12.5 Å². The molecule has 1 aliphatic carbocycles. The second-order valence-electron chi connectivity index (χ2n) is 5.66. The molecule has 0 heterocycles. The molecule has 1 rings (SSSR count). The predicted octanol–water partition coefficient (Wildman–Crippen LogP) is 2.07. The average Bonchev–Trinajstić information content (AvgIpc) is 2.98. The summed E-state index contributed by atoms with van der Waals surface area (Å²) in [6.45, 7) is 8.20. The highest BCUT2D eigenvalue weighted by Gasteiger charge is 2.39. The van der Waals surface area contributed by atoms with Gasteiger partial charge in [-0.25, -0.2) is 4.79 Å². The largest absolute Gasteiger partial charge is 0.481 e. The molecule has 5 nitrogen and oxygen atoms in total. The van der Waals surface area contributed by atoms with Crippen LogP contribution in [-0.4, -0.2) is 40.1 Å². The zero-order valence-corrected chi connectivity index (χ0v) is 11.7. The Hall–Kier alpha value is -1.26. The molecule has 1 saturated carbocycles. The summed E-state index contributed by atoms with van der Waals surface area (Å²) in [5.41, 5.74) is -0.201. The standard InChI is InChI=1S/C13H24N2O3/c1-5-15(9(2)8-11(16)17)12(18)14-13(3,4)10-6-7-10/h9-10H,5-8H2,1-4H3,(H,14,18)(H,16,17). The summed E-state index contributed by atoms with van der Waals surface area (Å²) in [5.74, 6) is -0.329. The first-order valence-corrected chi connectivity index (χ1v) is 6.58. The summed E-state index contributed by atoms with van der Waals surface area (Å²) < 4.78 is 0. The van der Waals surface area contributed by atoms with Crippen LogP contribution in [0.4, 0.5) is 4.79 Å². The molecule has 0 aromatic carbocycles. The molecule has 0 saturated heterocycles. The highest BCUT2D eigenvalue weighted by Crippen LogP contribution is 2.39. The van der Waals surface area contributed by atoms with E-state index < -0.39 is 5.97 Å². The zero-order chi connectivity index (χ0) is 13.9. The molecule has 5 heteroatoms. The normalized spacial score (nSPS) is 17.1. The summed E-state index contributed by atoms with van der Waals surface area (Å²) in [4.78, 5) is 24.4. The minimum atomic E-state index is -0.879. The zero-order valence-electron chi connectivity index (χ0n) is 11.7. The van der Waals surface area contributed by atoms with Crippen molar-refractivity contribution in [2.45, 2.75) is 58.5 Å². The lowest BCUT2D eigenvalue weighted by Gasteiger charge is -2.33. The first-order chi connectivity index (χ1) is 8.27. The van der Waals surface area contributed by atoms with Crippen molar-refractivity contribution < 1.29 is 14.7 Å². The Bertz CT molecular complexity index is 324. The number of carbonyl (C=O) groups excluding carboxylic acids is 1. The maximum Gasteiger partial charge on any atom is 0.318 e. The average molecular weight is 256 g/mol. The van der Waals surface area contributed by atoms with E-state index in [4.69, 9.17) is 5.11 Å². The Morgan fingerprint density at radius 2 is 2.00 bits per heavy atom. The molecule has 0 aliphatic heterocycles. The van der Waals surface area contributed by atoms with E-state index in [1.165, 1.54) is 0 Å². The molecule has 1 fully saturated rings. The number of rotatable bonds is 6. The SMILES string of the molecule is CCN(C(=O)NC(C)(C)C1CC1)C(C)CC(=O)O. The lowest BCUT2D eigenvalue weighted by Crippen LogP contribution is -2.53. The van der Waals surface area contributed by atoms with Crippen LogP contribution in [0.2, 0.25) is 0 Å². The summed E-state index contributed by atoms with van der Waals surface area (Å²) in [7, 11) is 0. The van der Waals surface area contributed by atoms with E-state index in [-0.39, 0.29) is 24.0 Å². The van der Waals surface area contributed by atoms with Gasteiger partial charge in [0, 0.05) is 18.1 Å². The molecule has 2 amide bonds. The van der Waals surface area contributed by atoms with Gasteiger partial charge in [0.15, 0.2) is 0 Å². The monoisotopic (exact) mass is 256 g/mol. The van der Waals surface area contributed by atoms with Crippen LogP contribution in [0.25, 0.3) is 0 Å². The number of amides is 2. The van der Waals surface area contributed by atoms with Gasteiger partial charge < -0.3 is 15.3 Å². The number of urea groups is 1. The number of nitrogens with zero attached hydrogens (tertiary/aromatic N) is 1.